The summed E-state index contributed by atoms with van der Waals surface area (Å²) in [7, 11) is 0. The molecule has 0 saturated carbocycles. The fourth-order valence-corrected chi connectivity index (χ4v) is 2.74. The molecule has 0 saturated heterocycles. The van der Waals surface area contributed by atoms with Crippen molar-refractivity contribution in [3.8, 4) is 0 Å². The lowest BCUT2D eigenvalue weighted by molar-refractivity contribution is 0.380. The number of rotatable bonds is 4. The van der Waals surface area contributed by atoms with Gasteiger partial charge in [0.15, 0.2) is 0 Å². The second kappa shape index (κ2) is 6.09. The van der Waals surface area contributed by atoms with E-state index in [-0.39, 0.29) is 0 Å². The van der Waals surface area contributed by atoms with Crippen molar-refractivity contribution >= 4 is 26.7 Å². The first-order valence-electron chi connectivity index (χ1n) is 7.09. The van der Waals surface area contributed by atoms with Crippen LogP contribution in [0.15, 0.2) is 42.5 Å². The van der Waals surface area contributed by atoms with E-state index in [0.717, 1.165) is 0 Å². The molecule has 19 heavy (non-hydrogen) atoms. The topological polar surface area (TPSA) is 0 Å². The Balaban J connectivity index is 2.03. The summed E-state index contributed by atoms with van der Waals surface area (Å²) < 4.78 is 0. The number of benzene rings is 2. The largest absolute Gasteiger partial charge is 0.0885 e. The standard InChI is InChI=1S/C18H23Br/c1-18(2,3)17(19)13-7-11-15-10-6-9-14-8-4-5-12-16(14)15/h4-6,8-10,12,17H,7,11,13H2,1-3H3. The predicted molar refractivity (Wildman–Crippen MR) is 89.1 cm³/mol. The lowest BCUT2D eigenvalue weighted by atomic mass is 9.88. The Hall–Kier alpha value is -0.820. The summed E-state index contributed by atoms with van der Waals surface area (Å²) in [6, 6.07) is 15.3. The Morgan fingerprint density at radius 1 is 1.00 bits per heavy atom. The van der Waals surface area contributed by atoms with Crippen LogP contribution in [0.1, 0.15) is 39.2 Å². The van der Waals surface area contributed by atoms with Gasteiger partial charge in [-0.3, -0.25) is 0 Å². The van der Waals surface area contributed by atoms with Gasteiger partial charge in [0.05, 0.1) is 0 Å². The van der Waals surface area contributed by atoms with E-state index in [1.54, 1.807) is 0 Å². The number of fused-ring (bicyclic) bond motifs is 1. The molecule has 1 heteroatoms. The van der Waals surface area contributed by atoms with Crippen molar-refractivity contribution < 1.29 is 0 Å². The summed E-state index contributed by atoms with van der Waals surface area (Å²) in [5, 5.41) is 2.76. The summed E-state index contributed by atoms with van der Waals surface area (Å²) in [5.74, 6) is 0. The van der Waals surface area contributed by atoms with Crippen molar-refractivity contribution in [3.63, 3.8) is 0 Å². The van der Waals surface area contributed by atoms with Crippen LogP contribution in [0, 0.1) is 5.41 Å². The van der Waals surface area contributed by atoms with Crippen molar-refractivity contribution in [3.05, 3.63) is 48.0 Å². The molecule has 0 fully saturated rings. The van der Waals surface area contributed by atoms with Gasteiger partial charge in [0.1, 0.15) is 0 Å². The van der Waals surface area contributed by atoms with Gasteiger partial charge >= 0.3 is 0 Å². The molecule has 0 spiro atoms. The molecule has 102 valence electrons. The number of hydrogen-bond donors (Lipinski definition) is 0. The molecule has 2 aromatic carbocycles. The van der Waals surface area contributed by atoms with Crippen LogP contribution in [0.5, 0.6) is 0 Å². The van der Waals surface area contributed by atoms with E-state index >= 15 is 0 Å². The Kier molecular flexibility index (Phi) is 4.67. The van der Waals surface area contributed by atoms with E-state index in [2.05, 4.69) is 79.2 Å². The van der Waals surface area contributed by atoms with Crippen molar-refractivity contribution in [2.24, 2.45) is 5.41 Å². The average molecular weight is 319 g/mol. The fourth-order valence-electron chi connectivity index (χ4n) is 2.42. The van der Waals surface area contributed by atoms with Gasteiger partial charge in [-0.25, -0.2) is 0 Å². The minimum absolute atomic E-state index is 0.346. The van der Waals surface area contributed by atoms with Gasteiger partial charge in [0.25, 0.3) is 0 Å². The molecule has 0 aliphatic carbocycles. The maximum atomic E-state index is 3.82. The Labute approximate surface area is 125 Å². The monoisotopic (exact) mass is 318 g/mol. The molecule has 0 amide bonds. The van der Waals surface area contributed by atoms with Crippen molar-refractivity contribution in [1.82, 2.24) is 0 Å². The summed E-state index contributed by atoms with van der Waals surface area (Å²) in [6.07, 6.45) is 3.63. The van der Waals surface area contributed by atoms with Crippen LogP contribution in [0.3, 0.4) is 0 Å². The highest BCUT2D eigenvalue weighted by Crippen LogP contribution is 2.30. The zero-order valence-electron chi connectivity index (χ0n) is 12.1. The molecule has 0 N–H and O–H groups in total. The molecule has 0 aliphatic heterocycles. The highest BCUT2D eigenvalue weighted by atomic mass is 79.9. The van der Waals surface area contributed by atoms with Gasteiger partial charge in [0, 0.05) is 4.83 Å². The molecular formula is C18H23Br. The smallest absolute Gasteiger partial charge is 0.0194 e. The first-order chi connectivity index (χ1) is 8.98. The Morgan fingerprint density at radius 2 is 1.68 bits per heavy atom. The van der Waals surface area contributed by atoms with E-state index < -0.39 is 0 Å². The molecule has 0 heterocycles. The van der Waals surface area contributed by atoms with E-state index in [1.165, 1.54) is 35.6 Å². The minimum Gasteiger partial charge on any atom is -0.0885 e. The molecule has 0 bridgehead atoms. The van der Waals surface area contributed by atoms with Gasteiger partial charge in [-0.2, -0.15) is 0 Å². The van der Waals surface area contributed by atoms with Crippen LogP contribution in [0.25, 0.3) is 10.8 Å². The third-order valence-electron chi connectivity index (χ3n) is 3.72. The van der Waals surface area contributed by atoms with Gasteiger partial charge in [0.2, 0.25) is 0 Å². The summed E-state index contributed by atoms with van der Waals surface area (Å²) in [5.41, 5.74) is 1.82. The molecule has 0 aromatic heterocycles. The summed E-state index contributed by atoms with van der Waals surface area (Å²) in [6.45, 7) is 6.89. The highest BCUT2D eigenvalue weighted by molar-refractivity contribution is 9.09. The molecule has 1 unspecified atom stereocenters. The summed E-state index contributed by atoms with van der Waals surface area (Å²) >= 11 is 3.82. The molecule has 2 aromatic rings. The number of aryl methyl sites for hydroxylation is 1. The van der Waals surface area contributed by atoms with Crippen LogP contribution < -0.4 is 0 Å². The fraction of sp³-hybridized carbons (Fsp3) is 0.444. The predicted octanol–water partition coefficient (Wildman–Crippen LogP) is 5.97. The Bertz CT molecular complexity index is 531. The maximum Gasteiger partial charge on any atom is 0.0194 e. The van der Waals surface area contributed by atoms with Crippen LogP contribution in [0.4, 0.5) is 0 Å². The lowest BCUT2D eigenvalue weighted by Crippen LogP contribution is -2.20. The minimum atomic E-state index is 0.346. The van der Waals surface area contributed by atoms with Crippen molar-refractivity contribution in [2.75, 3.05) is 0 Å². The third-order valence-corrected chi connectivity index (χ3v) is 5.55. The van der Waals surface area contributed by atoms with Crippen LogP contribution in [0.2, 0.25) is 0 Å². The third kappa shape index (κ3) is 3.82. The first kappa shape index (κ1) is 14.6. The molecule has 0 radical (unpaired) electrons. The average Bonchev–Trinajstić information content (AvgIpc) is 2.38. The van der Waals surface area contributed by atoms with Crippen molar-refractivity contribution in [1.29, 1.82) is 0 Å². The molecule has 0 aliphatic rings. The number of alkyl halides is 1. The van der Waals surface area contributed by atoms with Crippen molar-refractivity contribution in [2.45, 2.75) is 44.9 Å². The first-order valence-corrected chi connectivity index (χ1v) is 8.01. The van der Waals surface area contributed by atoms with Gasteiger partial charge < -0.3 is 0 Å². The zero-order valence-corrected chi connectivity index (χ0v) is 13.7. The van der Waals surface area contributed by atoms with Gasteiger partial charge in [-0.1, -0.05) is 79.2 Å². The second-order valence-corrected chi connectivity index (χ2v) is 7.47. The molecule has 0 nitrogen and oxygen atoms in total. The van der Waals surface area contributed by atoms with E-state index in [9.17, 15) is 0 Å². The Morgan fingerprint density at radius 3 is 2.42 bits per heavy atom. The lowest BCUT2D eigenvalue weighted by Gasteiger charge is -2.25. The van der Waals surface area contributed by atoms with Gasteiger partial charge in [-0.15, -0.1) is 0 Å². The number of hydrogen-bond acceptors (Lipinski definition) is 0. The normalized spacial score (nSPS) is 13.7. The van der Waals surface area contributed by atoms with Gasteiger partial charge in [-0.05, 0) is 41.0 Å². The van der Waals surface area contributed by atoms with E-state index in [0.29, 0.717) is 10.2 Å². The quantitative estimate of drug-likeness (QED) is 0.609. The molecular weight excluding hydrogens is 296 g/mol. The highest BCUT2D eigenvalue weighted by Gasteiger charge is 2.20. The van der Waals surface area contributed by atoms with Crippen LogP contribution in [-0.2, 0) is 6.42 Å². The second-order valence-electron chi connectivity index (χ2n) is 6.36. The number of halogens is 1. The summed E-state index contributed by atoms with van der Waals surface area (Å²) in [4.78, 5) is 0.593. The van der Waals surface area contributed by atoms with E-state index in [1.807, 2.05) is 0 Å². The maximum absolute atomic E-state index is 3.82. The van der Waals surface area contributed by atoms with E-state index in [4.69, 9.17) is 0 Å². The molecule has 2 rings (SSSR count). The molecule has 1 atom stereocenters. The SMILES string of the molecule is CC(C)(C)C(Br)CCCc1cccc2ccccc12. The van der Waals surface area contributed by atoms with Crippen LogP contribution >= 0.6 is 15.9 Å². The zero-order chi connectivity index (χ0) is 13.9. The van der Waals surface area contributed by atoms with Crippen LogP contribution in [-0.4, -0.2) is 4.83 Å².